The lowest BCUT2D eigenvalue weighted by atomic mass is 10.0. The van der Waals surface area contributed by atoms with Crippen molar-refractivity contribution in [1.82, 2.24) is 20.2 Å². The molecule has 30 heavy (non-hydrogen) atoms. The van der Waals surface area contributed by atoms with Crippen molar-refractivity contribution in [3.8, 4) is 11.4 Å². The Hall–Kier alpha value is -2.22. The highest BCUT2D eigenvalue weighted by Gasteiger charge is 2.30. The van der Waals surface area contributed by atoms with Gasteiger partial charge in [-0.05, 0) is 44.5 Å². The summed E-state index contributed by atoms with van der Waals surface area (Å²) in [6.07, 6.45) is 2.88. The highest BCUT2D eigenvalue weighted by molar-refractivity contribution is 6.31. The Bertz CT molecular complexity index is 930. The molecule has 3 heterocycles. The molecule has 0 bridgehead atoms. The Morgan fingerprint density at radius 2 is 2.13 bits per heavy atom. The van der Waals surface area contributed by atoms with E-state index in [4.69, 9.17) is 22.3 Å². The highest BCUT2D eigenvalue weighted by Crippen LogP contribution is 2.29. The standard InChI is InChI=1S/C22H29ClN6O/c1-14-3-4-16(7-19(14)23)20-25-9-17(10-26-22(30)18-12-28(2)13-18)21(27-20)29-6-5-15(8-24)11-29/h3-4,7,9,15,18H,5-6,8,10-13,24H2,1-2H3,(H,26,30). The Morgan fingerprint density at radius 1 is 1.33 bits per heavy atom. The zero-order chi connectivity index (χ0) is 21.3. The second-order valence-electron chi connectivity index (χ2n) is 8.48. The third kappa shape index (κ3) is 4.43. The van der Waals surface area contributed by atoms with Crippen molar-refractivity contribution in [3.05, 3.63) is 40.5 Å². The van der Waals surface area contributed by atoms with E-state index in [1.54, 1.807) is 0 Å². The highest BCUT2D eigenvalue weighted by atomic mass is 35.5. The number of benzene rings is 1. The second-order valence-corrected chi connectivity index (χ2v) is 8.89. The van der Waals surface area contributed by atoms with Crippen LogP contribution in [0.2, 0.25) is 5.02 Å². The molecule has 2 fully saturated rings. The molecule has 2 aliphatic heterocycles. The second kappa shape index (κ2) is 8.88. The first-order valence-corrected chi connectivity index (χ1v) is 10.9. The third-order valence-corrected chi connectivity index (χ3v) is 6.49. The molecule has 0 aliphatic carbocycles. The zero-order valence-corrected chi connectivity index (χ0v) is 18.3. The summed E-state index contributed by atoms with van der Waals surface area (Å²) in [5.41, 5.74) is 8.72. The van der Waals surface area contributed by atoms with Gasteiger partial charge in [0.2, 0.25) is 5.91 Å². The van der Waals surface area contributed by atoms with Crippen LogP contribution >= 0.6 is 11.6 Å². The van der Waals surface area contributed by atoms with Gasteiger partial charge in [0.25, 0.3) is 0 Å². The van der Waals surface area contributed by atoms with Crippen molar-refractivity contribution >= 4 is 23.3 Å². The fraction of sp³-hybridized carbons (Fsp3) is 0.500. The summed E-state index contributed by atoms with van der Waals surface area (Å²) in [5.74, 6) is 2.14. The number of carbonyl (C=O) groups excluding carboxylic acids is 1. The lowest BCUT2D eigenvalue weighted by molar-refractivity contribution is -0.129. The van der Waals surface area contributed by atoms with E-state index in [0.717, 1.165) is 55.1 Å². The number of amides is 1. The first-order chi connectivity index (χ1) is 14.4. The van der Waals surface area contributed by atoms with E-state index in [1.807, 2.05) is 38.4 Å². The molecule has 1 atom stereocenters. The van der Waals surface area contributed by atoms with Gasteiger partial charge in [0.05, 0.1) is 5.92 Å². The van der Waals surface area contributed by atoms with Gasteiger partial charge in [0, 0.05) is 55.1 Å². The topological polar surface area (TPSA) is 87.4 Å². The van der Waals surface area contributed by atoms with E-state index >= 15 is 0 Å². The van der Waals surface area contributed by atoms with Crippen molar-refractivity contribution in [2.45, 2.75) is 19.9 Å². The predicted octanol–water partition coefficient (Wildman–Crippen LogP) is 2.07. The van der Waals surface area contributed by atoms with Crippen LogP contribution in [0.4, 0.5) is 5.82 Å². The summed E-state index contributed by atoms with van der Waals surface area (Å²) in [6, 6.07) is 5.86. The van der Waals surface area contributed by atoms with Crippen molar-refractivity contribution in [2.75, 3.05) is 44.7 Å². The zero-order valence-electron chi connectivity index (χ0n) is 17.6. The van der Waals surface area contributed by atoms with Gasteiger partial charge in [-0.3, -0.25) is 4.79 Å². The Labute approximate surface area is 182 Å². The molecule has 1 aromatic heterocycles. The lowest BCUT2D eigenvalue weighted by Crippen LogP contribution is -2.51. The number of carbonyl (C=O) groups is 1. The van der Waals surface area contributed by atoms with E-state index < -0.39 is 0 Å². The molecule has 1 amide bonds. The van der Waals surface area contributed by atoms with Crippen LogP contribution in [0.15, 0.2) is 24.4 Å². The van der Waals surface area contributed by atoms with Crippen LogP contribution in [-0.2, 0) is 11.3 Å². The van der Waals surface area contributed by atoms with E-state index in [-0.39, 0.29) is 11.8 Å². The molecule has 0 spiro atoms. The van der Waals surface area contributed by atoms with Crippen LogP contribution < -0.4 is 16.0 Å². The maximum Gasteiger partial charge on any atom is 0.225 e. The van der Waals surface area contributed by atoms with Gasteiger partial charge in [0.15, 0.2) is 5.82 Å². The number of likely N-dealkylation sites (tertiary alicyclic amines) is 1. The van der Waals surface area contributed by atoms with E-state index in [0.29, 0.717) is 29.9 Å². The van der Waals surface area contributed by atoms with Crippen LogP contribution in [0.5, 0.6) is 0 Å². The fourth-order valence-electron chi connectivity index (χ4n) is 4.08. The molecular weight excluding hydrogens is 400 g/mol. The quantitative estimate of drug-likeness (QED) is 0.732. The molecule has 0 saturated carbocycles. The van der Waals surface area contributed by atoms with Crippen LogP contribution in [0.1, 0.15) is 17.5 Å². The summed E-state index contributed by atoms with van der Waals surface area (Å²) in [4.78, 5) is 26.3. The summed E-state index contributed by atoms with van der Waals surface area (Å²) >= 11 is 6.31. The molecule has 1 unspecified atom stereocenters. The van der Waals surface area contributed by atoms with Crippen LogP contribution in [0, 0.1) is 18.8 Å². The Balaban J connectivity index is 1.58. The van der Waals surface area contributed by atoms with Gasteiger partial charge >= 0.3 is 0 Å². The minimum absolute atomic E-state index is 0.0711. The minimum atomic E-state index is 0.0711. The average molecular weight is 429 g/mol. The number of rotatable bonds is 6. The van der Waals surface area contributed by atoms with E-state index in [2.05, 4.69) is 20.1 Å². The number of hydrogen-bond acceptors (Lipinski definition) is 6. The molecule has 2 aliphatic rings. The third-order valence-electron chi connectivity index (χ3n) is 6.08. The number of hydrogen-bond donors (Lipinski definition) is 2. The normalized spacial score (nSPS) is 19.7. The van der Waals surface area contributed by atoms with E-state index in [9.17, 15) is 4.79 Å². The van der Waals surface area contributed by atoms with Gasteiger partial charge in [-0.1, -0.05) is 23.7 Å². The molecule has 8 heteroatoms. The van der Waals surface area contributed by atoms with Gasteiger partial charge in [-0.2, -0.15) is 0 Å². The van der Waals surface area contributed by atoms with Crippen LogP contribution in [-0.4, -0.2) is 60.5 Å². The SMILES string of the molecule is Cc1ccc(-c2ncc(CNC(=O)C3CN(C)C3)c(N3CCC(CN)C3)n2)cc1Cl. The Kier molecular flexibility index (Phi) is 6.22. The smallest absolute Gasteiger partial charge is 0.225 e. The van der Waals surface area contributed by atoms with Crippen molar-refractivity contribution in [1.29, 1.82) is 0 Å². The molecule has 2 saturated heterocycles. The van der Waals surface area contributed by atoms with Crippen LogP contribution in [0.3, 0.4) is 0 Å². The van der Waals surface area contributed by atoms with Crippen molar-refractivity contribution < 1.29 is 4.79 Å². The molecule has 4 rings (SSSR count). The number of halogens is 1. The number of nitrogens with two attached hydrogens (primary N) is 1. The predicted molar refractivity (Wildman–Crippen MR) is 119 cm³/mol. The first-order valence-electron chi connectivity index (χ1n) is 10.5. The minimum Gasteiger partial charge on any atom is -0.356 e. The maximum atomic E-state index is 12.4. The largest absolute Gasteiger partial charge is 0.356 e. The molecule has 3 N–H and O–H groups in total. The van der Waals surface area contributed by atoms with Gasteiger partial charge in [0.1, 0.15) is 5.82 Å². The summed E-state index contributed by atoms with van der Waals surface area (Å²) < 4.78 is 0. The molecule has 1 aromatic carbocycles. The Morgan fingerprint density at radius 3 is 2.80 bits per heavy atom. The monoisotopic (exact) mass is 428 g/mol. The summed E-state index contributed by atoms with van der Waals surface area (Å²) in [7, 11) is 2.02. The van der Waals surface area contributed by atoms with E-state index in [1.165, 1.54) is 0 Å². The number of anilines is 1. The van der Waals surface area contributed by atoms with Gasteiger partial charge in [-0.15, -0.1) is 0 Å². The molecule has 0 radical (unpaired) electrons. The number of aryl methyl sites for hydroxylation is 1. The van der Waals surface area contributed by atoms with Crippen molar-refractivity contribution in [2.24, 2.45) is 17.6 Å². The lowest BCUT2D eigenvalue weighted by Gasteiger charge is -2.34. The number of aromatic nitrogens is 2. The van der Waals surface area contributed by atoms with Crippen molar-refractivity contribution in [3.63, 3.8) is 0 Å². The van der Waals surface area contributed by atoms with Gasteiger partial charge < -0.3 is 20.9 Å². The molecule has 2 aromatic rings. The van der Waals surface area contributed by atoms with Gasteiger partial charge in [-0.25, -0.2) is 9.97 Å². The number of nitrogens with zero attached hydrogens (tertiary/aromatic N) is 4. The summed E-state index contributed by atoms with van der Waals surface area (Å²) in [5, 5.41) is 3.77. The molecular formula is C22H29ClN6O. The number of nitrogens with one attached hydrogen (secondary N) is 1. The molecule has 160 valence electrons. The molecule has 7 nitrogen and oxygen atoms in total. The average Bonchev–Trinajstić information content (AvgIpc) is 3.21. The summed E-state index contributed by atoms with van der Waals surface area (Å²) in [6.45, 7) is 6.47. The van der Waals surface area contributed by atoms with Crippen LogP contribution in [0.25, 0.3) is 11.4 Å². The first kappa shape index (κ1) is 21.0. The maximum absolute atomic E-state index is 12.4. The fourth-order valence-corrected chi connectivity index (χ4v) is 4.26.